The lowest BCUT2D eigenvalue weighted by Crippen LogP contribution is -1.69. The summed E-state index contributed by atoms with van der Waals surface area (Å²) < 4.78 is -0.303. The smallest absolute Gasteiger partial charge is 0.118 e. The molecule has 0 nitrogen and oxygen atoms in total. The molecule has 0 N–H and O–H groups in total. The van der Waals surface area contributed by atoms with Gasteiger partial charge < -0.3 is 0 Å². The molecule has 0 aromatic rings. The molecule has 1 atom stereocenters. The van der Waals surface area contributed by atoms with Crippen LogP contribution in [0.1, 0.15) is 0 Å². The Bertz CT molecular complexity index is 52.4. The first-order valence-corrected chi connectivity index (χ1v) is 2.37. The second-order valence-electron chi connectivity index (χ2n) is 0.467. The molecule has 0 aromatic carbocycles. The Balaban J connectivity index is 2.94. The molecule has 0 amide bonds. The summed E-state index contributed by atoms with van der Waals surface area (Å²) in [5.74, 6) is 2.21. The van der Waals surface area contributed by atoms with Crippen LogP contribution in [0.5, 0.6) is 0 Å². The normalized spacial score (nSPS) is 13.0. The standard InChI is InChI=1S/C3H2BrCl/c1-2-3(4)5/h1,3H. The molecule has 0 radical (unpaired) electrons. The number of alkyl halides is 2. The van der Waals surface area contributed by atoms with E-state index >= 15 is 0 Å². The van der Waals surface area contributed by atoms with Crippen molar-refractivity contribution in [2.24, 2.45) is 0 Å². The van der Waals surface area contributed by atoms with Crippen molar-refractivity contribution in [1.29, 1.82) is 0 Å². The summed E-state index contributed by atoms with van der Waals surface area (Å²) in [6.07, 6.45) is 4.74. The topological polar surface area (TPSA) is 0 Å². The lowest BCUT2D eigenvalue weighted by Gasteiger charge is -1.74. The van der Waals surface area contributed by atoms with E-state index in [1.165, 1.54) is 0 Å². The van der Waals surface area contributed by atoms with Crippen LogP contribution in [0, 0.1) is 12.3 Å². The quantitative estimate of drug-likeness (QED) is 0.366. The lowest BCUT2D eigenvalue weighted by molar-refractivity contribution is 1.82. The molecule has 0 aliphatic heterocycles. The lowest BCUT2D eigenvalue weighted by atomic mass is 10.8. The maximum Gasteiger partial charge on any atom is 0.148 e. The van der Waals surface area contributed by atoms with Crippen LogP contribution in [-0.4, -0.2) is 4.29 Å². The molecule has 0 aliphatic carbocycles. The van der Waals surface area contributed by atoms with Crippen molar-refractivity contribution in [3.8, 4) is 12.3 Å². The van der Waals surface area contributed by atoms with E-state index in [4.69, 9.17) is 18.0 Å². The first-order chi connectivity index (χ1) is 2.27. The molecule has 0 bridgehead atoms. The zero-order chi connectivity index (χ0) is 4.28. The summed E-state index contributed by atoms with van der Waals surface area (Å²) in [4.78, 5) is 0. The number of rotatable bonds is 0. The highest BCUT2D eigenvalue weighted by atomic mass is 79.9. The summed E-state index contributed by atoms with van der Waals surface area (Å²) in [5.41, 5.74) is 0. The van der Waals surface area contributed by atoms with Crippen molar-refractivity contribution in [2.45, 2.75) is 4.29 Å². The van der Waals surface area contributed by atoms with Gasteiger partial charge in [-0.1, -0.05) is 33.5 Å². The summed E-state index contributed by atoms with van der Waals surface area (Å²) in [6, 6.07) is 0. The van der Waals surface area contributed by atoms with E-state index < -0.39 is 0 Å². The van der Waals surface area contributed by atoms with Crippen molar-refractivity contribution in [3.05, 3.63) is 0 Å². The number of hydrogen-bond donors (Lipinski definition) is 0. The van der Waals surface area contributed by atoms with Crippen LogP contribution in [0.15, 0.2) is 0 Å². The molecule has 1 unspecified atom stereocenters. The fraction of sp³-hybridized carbons (Fsp3) is 0.333. The molecule has 0 rings (SSSR count). The van der Waals surface area contributed by atoms with Gasteiger partial charge in [-0.15, -0.1) is 6.42 Å². The summed E-state index contributed by atoms with van der Waals surface area (Å²) in [6.45, 7) is 0. The van der Waals surface area contributed by atoms with E-state index in [1.54, 1.807) is 0 Å². The molecule has 0 aliphatic rings. The van der Waals surface area contributed by atoms with Gasteiger partial charge in [-0.3, -0.25) is 0 Å². The minimum absolute atomic E-state index is 0.303. The van der Waals surface area contributed by atoms with Crippen molar-refractivity contribution in [2.75, 3.05) is 0 Å². The second kappa shape index (κ2) is 2.56. The Kier molecular flexibility index (Phi) is 2.73. The van der Waals surface area contributed by atoms with E-state index in [2.05, 4.69) is 21.9 Å². The number of terminal acetylenes is 1. The van der Waals surface area contributed by atoms with E-state index in [1.807, 2.05) is 0 Å². The van der Waals surface area contributed by atoms with Gasteiger partial charge in [0.25, 0.3) is 0 Å². The molecule has 0 saturated heterocycles. The third kappa shape index (κ3) is 4.33. The Morgan fingerprint density at radius 2 is 2.20 bits per heavy atom. The third-order valence-electron chi connectivity index (χ3n) is 0.126. The van der Waals surface area contributed by atoms with Crippen LogP contribution in [0.4, 0.5) is 0 Å². The molecule has 28 valence electrons. The number of hydrogen-bond acceptors (Lipinski definition) is 0. The largest absolute Gasteiger partial charge is 0.148 e. The maximum absolute atomic E-state index is 5.14. The van der Waals surface area contributed by atoms with Gasteiger partial charge in [0.05, 0.1) is 0 Å². The monoisotopic (exact) mass is 152 g/mol. The molecule has 0 aromatic heterocycles. The molecule has 0 saturated carbocycles. The molecule has 0 heterocycles. The molecule has 2 heteroatoms. The fourth-order valence-corrected chi connectivity index (χ4v) is 0. The van der Waals surface area contributed by atoms with Gasteiger partial charge >= 0.3 is 0 Å². The molecular weight excluding hydrogens is 151 g/mol. The van der Waals surface area contributed by atoms with E-state index in [-0.39, 0.29) is 4.29 Å². The van der Waals surface area contributed by atoms with E-state index in [0.717, 1.165) is 0 Å². The zero-order valence-electron chi connectivity index (χ0n) is 2.41. The van der Waals surface area contributed by atoms with Gasteiger partial charge in [0.2, 0.25) is 0 Å². The highest BCUT2D eigenvalue weighted by Crippen LogP contribution is 1.99. The summed E-state index contributed by atoms with van der Waals surface area (Å²) >= 11 is 8.05. The Morgan fingerprint density at radius 1 is 2.00 bits per heavy atom. The number of halogens is 2. The van der Waals surface area contributed by atoms with Gasteiger partial charge in [-0.25, -0.2) is 0 Å². The minimum Gasteiger partial charge on any atom is -0.118 e. The van der Waals surface area contributed by atoms with Crippen LogP contribution in [0.2, 0.25) is 0 Å². The first-order valence-electron chi connectivity index (χ1n) is 1.01. The van der Waals surface area contributed by atoms with E-state index in [0.29, 0.717) is 0 Å². The van der Waals surface area contributed by atoms with Gasteiger partial charge in [-0.05, 0) is 0 Å². The van der Waals surface area contributed by atoms with Crippen LogP contribution >= 0.6 is 27.5 Å². The molecule has 5 heavy (non-hydrogen) atoms. The average Bonchev–Trinajstić information content (AvgIpc) is 1.38. The van der Waals surface area contributed by atoms with Crippen molar-refractivity contribution < 1.29 is 0 Å². The van der Waals surface area contributed by atoms with Gasteiger partial charge in [0.15, 0.2) is 0 Å². The average molecular weight is 153 g/mol. The van der Waals surface area contributed by atoms with Gasteiger partial charge in [0, 0.05) is 0 Å². The Labute approximate surface area is 44.6 Å². The van der Waals surface area contributed by atoms with Crippen LogP contribution < -0.4 is 0 Å². The highest BCUT2D eigenvalue weighted by Gasteiger charge is 1.80. The van der Waals surface area contributed by atoms with Crippen LogP contribution in [0.3, 0.4) is 0 Å². The fourth-order valence-electron chi connectivity index (χ4n) is 0. The third-order valence-corrected chi connectivity index (χ3v) is 0.516. The van der Waals surface area contributed by atoms with Crippen molar-refractivity contribution >= 4 is 27.5 Å². The Morgan fingerprint density at radius 3 is 2.20 bits per heavy atom. The van der Waals surface area contributed by atoms with Crippen molar-refractivity contribution in [1.82, 2.24) is 0 Å². The predicted molar refractivity (Wildman–Crippen MR) is 27.4 cm³/mol. The maximum atomic E-state index is 5.14. The van der Waals surface area contributed by atoms with Gasteiger partial charge in [0.1, 0.15) is 4.29 Å². The van der Waals surface area contributed by atoms with Crippen LogP contribution in [0.25, 0.3) is 0 Å². The van der Waals surface area contributed by atoms with E-state index in [9.17, 15) is 0 Å². The summed E-state index contributed by atoms with van der Waals surface area (Å²) in [7, 11) is 0. The van der Waals surface area contributed by atoms with Crippen molar-refractivity contribution in [3.63, 3.8) is 0 Å². The van der Waals surface area contributed by atoms with Crippen LogP contribution in [-0.2, 0) is 0 Å². The molecule has 0 spiro atoms. The van der Waals surface area contributed by atoms with Gasteiger partial charge in [-0.2, -0.15) is 0 Å². The minimum atomic E-state index is -0.303. The first kappa shape index (κ1) is 5.33. The predicted octanol–water partition coefficient (Wildman–Crippen LogP) is 1.58. The SMILES string of the molecule is C#CC(Cl)Br. The Hall–Kier alpha value is 0.330. The summed E-state index contributed by atoms with van der Waals surface area (Å²) in [5, 5.41) is 0. The zero-order valence-corrected chi connectivity index (χ0v) is 4.75. The molecular formula is C3H2BrCl. The second-order valence-corrected chi connectivity index (χ2v) is 2.35. The highest BCUT2D eigenvalue weighted by molar-refractivity contribution is 9.10. The molecule has 0 fully saturated rings.